The van der Waals surface area contributed by atoms with Crippen molar-refractivity contribution < 1.29 is 29.0 Å². The summed E-state index contributed by atoms with van der Waals surface area (Å²) in [6.07, 6.45) is -0.953. The van der Waals surface area contributed by atoms with Crippen molar-refractivity contribution in [2.24, 2.45) is 0 Å². The standard InChI is InChI=1S/C19H27ClN2O6/c1-6-27-16(24)9-14(13-8-12(20)7-11(2)17(13)25)22-15(23)10-21-18(26)28-19(3,4)5/h7-8,14,25H,6,9-10H2,1-5H3,(H,21,26)(H,22,23)/t14-/m1/s1. The number of halogens is 1. The van der Waals surface area contributed by atoms with E-state index in [2.05, 4.69) is 10.6 Å². The molecule has 2 amide bonds. The number of rotatable bonds is 7. The Morgan fingerprint density at radius 2 is 1.89 bits per heavy atom. The molecule has 1 rings (SSSR count). The highest BCUT2D eigenvalue weighted by atomic mass is 35.5. The number of nitrogens with one attached hydrogen (secondary N) is 2. The van der Waals surface area contributed by atoms with Crippen LogP contribution in [0.25, 0.3) is 0 Å². The van der Waals surface area contributed by atoms with E-state index >= 15 is 0 Å². The fourth-order valence-electron chi connectivity index (χ4n) is 2.36. The van der Waals surface area contributed by atoms with E-state index in [0.29, 0.717) is 10.6 Å². The molecule has 28 heavy (non-hydrogen) atoms. The highest BCUT2D eigenvalue weighted by molar-refractivity contribution is 6.30. The van der Waals surface area contributed by atoms with E-state index in [9.17, 15) is 19.5 Å². The number of amides is 2. The number of phenols is 1. The van der Waals surface area contributed by atoms with Gasteiger partial charge in [-0.2, -0.15) is 0 Å². The SMILES string of the molecule is CCOC(=O)C[C@@H](NC(=O)CNC(=O)OC(C)(C)C)c1cc(Cl)cc(C)c1O. The molecule has 0 saturated carbocycles. The number of carbonyl (C=O) groups is 3. The fraction of sp³-hybridized carbons (Fsp3) is 0.526. The summed E-state index contributed by atoms with van der Waals surface area (Å²) in [7, 11) is 0. The number of aryl methyl sites for hydroxylation is 1. The Balaban J connectivity index is 2.91. The van der Waals surface area contributed by atoms with Gasteiger partial charge in [-0.05, 0) is 52.3 Å². The van der Waals surface area contributed by atoms with Crippen LogP contribution in [0.5, 0.6) is 5.75 Å². The summed E-state index contributed by atoms with van der Waals surface area (Å²) in [5, 5.41) is 15.6. The van der Waals surface area contributed by atoms with Gasteiger partial charge in [-0.25, -0.2) is 4.79 Å². The summed E-state index contributed by atoms with van der Waals surface area (Å²) in [6, 6.07) is 2.15. The molecule has 0 spiro atoms. The van der Waals surface area contributed by atoms with Crippen LogP contribution >= 0.6 is 11.6 Å². The average molecular weight is 415 g/mol. The van der Waals surface area contributed by atoms with Crippen LogP contribution in [-0.2, 0) is 19.1 Å². The van der Waals surface area contributed by atoms with Gasteiger partial charge in [0, 0.05) is 10.6 Å². The van der Waals surface area contributed by atoms with E-state index in [1.54, 1.807) is 40.7 Å². The molecular weight excluding hydrogens is 388 g/mol. The van der Waals surface area contributed by atoms with E-state index in [-0.39, 0.29) is 30.9 Å². The largest absolute Gasteiger partial charge is 0.507 e. The molecule has 0 aliphatic carbocycles. The number of phenolic OH excluding ortho intramolecular Hbond substituents is 1. The van der Waals surface area contributed by atoms with Crippen molar-refractivity contribution in [3.05, 3.63) is 28.3 Å². The van der Waals surface area contributed by atoms with Crippen LogP contribution in [0, 0.1) is 6.92 Å². The van der Waals surface area contributed by atoms with Crippen molar-refractivity contribution in [1.82, 2.24) is 10.6 Å². The number of hydrogen-bond donors (Lipinski definition) is 3. The molecule has 1 atom stereocenters. The molecule has 0 unspecified atom stereocenters. The van der Waals surface area contributed by atoms with Crippen LogP contribution in [0.1, 0.15) is 51.3 Å². The highest BCUT2D eigenvalue weighted by Crippen LogP contribution is 2.32. The number of carbonyl (C=O) groups excluding carboxylic acids is 3. The quantitative estimate of drug-likeness (QED) is 0.591. The Bertz CT molecular complexity index is 730. The van der Waals surface area contributed by atoms with Gasteiger partial charge in [0.25, 0.3) is 0 Å². The highest BCUT2D eigenvalue weighted by Gasteiger charge is 2.24. The number of aromatic hydroxyl groups is 1. The van der Waals surface area contributed by atoms with Crippen LogP contribution < -0.4 is 10.6 Å². The van der Waals surface area contributed by atoms with Gasteiger partial charge in [-0.1, -0.05) is 11.6 Å². The zero-order valence-corrected chi connectivity index (χ0v) is 17.5. The van der Waals surface area contributed by atoms with Crippen molar-refractivity contribution in [3.63, 3.8) is 0 Å². The minimum Gasteiger partial charge on any atom is -0.507 e. The minimum atomic E-state index is -0.885. The molecule has 8 nitrogen and oxygen atoms in total. The third-order valence-electron chi connectivity index (χ3n) is 3.47. The van der Waals surface area contributed by atoms with Gasteiger partial charge in [-0.3, -0.25) is 9.59 Å². The third-order valence-corrected chi connectivity index (χ3v) is 3.69. The zero-order chi connectivity index (χ0) is 21.5. The lowest BCUT2D eigenvalue weighted by Crippen LogP contribution is -2.41. The molecule has 1 aromatic rings. The van der Waals surface area contributed by atoms with Crippen molar-refractivity contribution in [2.45, 2.75) is 52.7 Å². The third kappa shape index (κ3) is 8.04. The van der Waals surface area contributed by atoms with E-state index in [1.165, 1.54) is 6.07 Å². The molecule has 0 radical (unpaired) electrons. The van der Waals surface area contributed by atoms with Gasteiger partial charge in [0.1, 0.15) is 17.9 Å². The zero-order valence-electron chi connectivity index (χ0n) is 16.7. The molecule has 156 valence electrons. The maximum Gasteiger partial charge on any atom is 0.408 e. The van der Waals surface area contributed by atoms with Crippen LogP contribution in [0.2, 0.25) is 5.02 Å². The second kappa shape index (κ2) is 10.2. The van der Waals surface area contributed by atoms with E-state index < -0.39 is 29.6 Å². The number of ether oxygens (including phenoxy) is 2. The van der Waals surface area contributed by atoms with Crippen molar-refractivity contribution in [2.75, 3.05) is 13.2 Å². The van der Waals surface area contributed by atoms with Gasteiger partial charge in [0.2, 0.25) is 5.91 Å². The van der Waals surface area contributed by atoms with Gasteiger partial charge in [-0.15, -0.1) is 0 Å². The van der Waals surface area contributed by atoms with Gasteiger partial charge in [0.15, 0.2) is 0 Å². The number of esters is 1. The summed E-state index contributed by atoms with van der Waals surface area (Å²) in [5.74, 6) is -1.21. The Morgan fingerprint density at radius 1 is 1.25 bits per heavy atom. The molecular formula is C19H27ClN2O6. The van der Waals surface area contributed by atoms with Crippen molar-refractivity contribution in [1.29, 1.82) is 0 Å². The molecule has 9 heteroatoms. The molecule has 1 aromatic carbocycles. The smallest absolute Gasteiger partial charge is 0.408 e. The first-order valence-corrected chi connectivity index (χ1v) is 9.21. The van der Waals surface area contributed by atoms with Crippen LogP contribution in [-0.4, -0.2) is 41.8 Å². The second-order valence-electron chi connectivity index (χ2n) is 7.15. The Hall–Kier alpha value is -2.48. The summed E-state index contributed by atoms with van der Waals surface area (Å²) < 4.78 is 10.00. The van der Waals surface area contributed by atoms with Crippen LogP contribution in [0.3, 0.4) is 0 Å². The predicted octanol–water partition coefficient (Wildman–Crippen LogP) is 2.99. The number of alkyl carbamates (subject to hydrolysis) is 1. The Kier molecular flexibility index (Phi) is 8.56. The van der Waals surface area contributed by atoms with Gasteiger partial charge < -0.3 is 25.2 Å². The lowest BCUT2D eigenvalue weighted by Gasteiger charge is -2.22. The number of hydrogen-bond acceptors (Lipinski definition) is 6. The summed E-state index contributed by atoms with van der Waals surface area (Å²) in [6.45, 7) is 8.23. The van der Waals surface area contributed by atoms with Crippen molar-refractivity contribution in [3.8, 4) is 5.75 Å². The first-order chi connectivity index (χ1) is 12.9. The Labute approximate surface area is 169 Å². The summed E-state index contributed by atoms with van der Waals surface area (Å²) in [4.78, 5) is 35.9. The van der Waals surface area contributed by atoms with Crippen LogP contribution in [0.15, 0.2) is 12.1 Å². The monoisotopic (exact) mass is 414 g/mol. The van der Waals surface area contributed by atoms with Gasteiger partial charge in [0.05, 0.1) is 19.1 Å². The molecule has 0 saturated heterocycles. The predicted molar refractivity (Wildman–Crippen MR) is 104 cm³/mol. The molecule has 0 aliphatic heterocycles. The lowest BCUT2D eigenvalue weighted by atomic mass is 10.00. The average Bonchev–Trinajstić information content (AvgIpc) is 2.54. The summed E-state index contributed by atoms with van der Waals surface area (Å²) in [5.41, 5.74) is 0.0815. The van der Waals surface area contributed by atoms with Crippen LogP contribution in [0.4, 0.5) is 4.79 Å². The normalized spacial score (nSPS) is 12.1. The Morgan fingerprint density at radius 3 is 2.46 bits per heavy atom. The molecule has 0 aromatic heterocycles. The summed E-state index contributed by atoms with van der Waals surface area (Å²) >= 11 is 6.05. The lowest BCUT2D eigenvalue weighted by molar-refractivity contribution is -0.143. The van der Waals surface area contributed by atoms with E-state index in [0.717, 1.165) is 0 Å². The molecule has 0 heterocycles. The molecule has 3 N–H and O–H groups in total. The van der Waals surface area contributed by atoms with E-state index in [1.807, 2.05) is 0 Å². The topological polar surface area (TPSA) is 114 Å². The molecule has 0 aliphatic rings. The molecule has 0 bridgehead atoms. The fourth-order valence-corrected chi connectivity index (χ4v) is 2.65. The first-order valence-electron chi connectivity index (χ1n) is 8.83. The molecule has 0 fully saturated rings. The minimum absolute atomic E-state index is 0.0842. The second-order valence-corrected chi connectivity index (χ2v) is 7.58. The first kappa shape index (κ1) is 23.6. The maximum absolute atomic E-state index is 12.3. The number of benzene rings is 1. The van der Waals surface area contributed by atoms with E-state index in [4.69, 9.17) is 21.1 Å². The van der Waals surface area contributed by atoms with Crippen molar-refractivity contribution >= 4 is 29.6 Å². The van der Waals surface area contributed by atoms with Gasteiger partial charge >= 0.3 is 12.1 Å². The maximum atomic E-state index is 12.3.